The first-order chi connectivity index (χ1) is 32.9. The molecule has 0 radical (unpaired) electrons. The molecule has 0 spiro atoms. The number of hydrogen-bond acceptors (Lipinski definition) is 8. The normalized spacial score (nSPS) is 32.0. The van der Waals surface area contributed by atoms with Crippen LogP contribution in [0.3, 0.4) is 0 Å². The summed E-state index contributed by atoms with van der Waals surface area (Å²) in [6, 6.07) is 12.1. The van der Waals surface area contributed by atoms with Gasteiger partial charge >= 0.3 is 0 Å². The Bertz CT molecular complexity index is 2480. The van der Waals surface area contributed by atoms with Crippen LogP contribution in [0.1, 0.15) is 159 Å². The SMILES string of the molecule is Cn1cc2c(n1)[C@@]1(C)CC[C@@H]3c4ccc(O)cc4CC[C@H]3[C@@H]1[C@H]2CCCC(=O)N1CCOCC1.Cn1ncc2c1[C@@]1(C)CC[C@@H]3c4ccc(O)cc4CC[C@H]3[C@@H]1[C@H]2CCCC(=O)N1CCOCC1. The van der Waals surface area contributed by atoms with E-state index < -0.39 is 0 Å². The van der Waals surface area contributed by atoms with Gasteiger partial charge in [-0.1, -0.05) is 26.0 Å². The van der Waals surface area contributed by atoms with Crippen LogP contribution in [0.25, 0.3) is 0 Å². The van der Waals surface area contributed by atoms with Crippen molar-refractivity contribution in [3.05, 3.63) is 93.6 Å². The molecule has 10 atom stereocenters. The number of aromatic nitrogens is 4. The molecular formula is C56H74N6O6. The molecule has 4 aromatic rings. The van der Waals surface area contributed by atoms with Gasteiger partial charge in [0, 0.05) is 75.8 Å². The Morgan fingerprint density at radius 3 is 1.72 bits per heavy atom. The van der Waals surface area contributed by atoms with Gasteiger partial charge in [0.15, 0.2) is 0 Å². The maximum Gasteiger partial charge on any atom is 0.222 e. The fourth-order valence-corrected chi connectivity index (χ4v) is 16.3. The standard InChI is InChI=1S/2C28H37N3O3/c1-28-11-10-21-20-9-7-19(32)16-18(20)6-8-23(21)26(28)22(24-17-30(2)29-27(24)28)4-3-5-25(33)31-12-14-34-15-13-31;1-28-11-10-21-20-9-7-19(32)16-18(20)6-8-23(21)26(28)22(24-17-29-30(2)27(24)28)4-3-5-25(33)31-12-14-34-15-13-31/h2*7,9,16-17,21-23,26,32H,3-6,8,10-15H2,1-2H3/t2*21-,22+,23-,26+,28+/m11/s1. The second kappa shape index (κ2) is 18.2. The molecule has 2 aromatic heterocycles. The number of nitrogens with zero attached hydrogens (tertiary/aromatic N) is 6. The smallest absolute Gasteiger partial charge is 0.222 e. The van der Waals surface area contributed by atoms with Crippen LogP contribution in [0.2, 0.25) is 0 Å². The predicted octanol–water partition coefficient (Wildman–Crippen LogP) is 8.53. The van der Waals surface area contributed by atoms with Crippen LogP contribution in [0.4, 0.5) is 0 Å². The van der Waals surface area contributed by atoms with E-state index in [9.17, 15) is 19.8 Å². The van der Waals surface area contributed by atoms with Gasteiger partial charge < -0.3 is 29.5 Å². The maximum absolute atomic E-state index is 12.8. The quantitative estimate of drug-likeness (QED) is 0.180. The Kier molecular flexibility index (Phi) is 12.3. The average Bonchev–Trinajstić information content (AvgIpc) is 4.07. The third kappa shape index (κ3) is 7.88. The first kappa shape index (κ1) is 45.7. The second-order valence-corrected chi connectivity index (χ2v) is 22.5. The van der Waals surface area contributed by atoms with Gasteiger partial charge in [-0.3, -0.25) is 19.0 Å². The molecule has 0 bridgehead atoms. The molecule has 12 rings (SSSR count). The van der Waals surface area contributed by atoms with Crippen molar-refractivity contribution in [3.8, 4) is 11.5 Å². The van der Waals surface area contributed by atoms with Crippen molar-refractivity contribution in [1.82, 2.24) is 29.4 Å². The molecule has 68 heavy (non-hydrogen) atoms. The first-order valence-corrected chi connectivity index (χ1v) is 26.3. The molecule has 6 aliphatic carbocycles. The molecule has 2 amide bonds. The van der Waals surface area contributed by atoms with Crippen molar-refractivity contribution >= 4 is 11.8 Å². The lowest BCUT2D eigenvalue weighted by Crippen LogP contribution is -2.45. The van der Waals surface area contributed by atoms with Gasteiger partial charge in [0.25, 0.3) is 0 Å². The molecule has 2 aromatic carbocycles. The number of aryl methyl sites for hydroxylation is 4. The lowest BCUT2D eigenvalue weighted by Gasteiger charge is -2.51. The van der Waals surface area contributed by atoms with Crippen molar-refractivity contribution in [2.24, 2.45) is 37.8 Å². The summed E-state index contributed by atoms with van der Waals surface area (Å²) in [6.45, 7) is 10.5. The van der Waals surface area contributed by atoms with E-state index in [0.717, 1.165) is 71.1 Å². The Hall–Kier alpha value is -4.68. The van der Waals surface area contributed by atoms with Crippen LogP contribution in [0, 0.1) is 23.7 Å². The number of aromatic hydroxyl groups is 2. The lowest BCUT2D eigenvalue weighted by atomic mass is 9.53. The molecule has 4 fully saturated rings. The number of hydrogen-bond donors (Lipinski definition) is 2. The second-order valence-electron chi connectivity index (χ2n) is 22.5. The van der Waals surface area contributed by atoms with E-state index in [1.54, 1.807) is 0 Å². The number of amides is 2. The minimum atomic E-state index is 0.116. The fourth-order valence-electron chi connectivity index (χ4n) is 16.3. The van der Waals surface area contributed by atoms with E-state index in [1.807, 2.05) is 45.8 Å². The summed E-state index contributed by atoms with van der Waals surface area (Å²) < 4.78 is 15.0. The van der Waals surface area contributed by atoms with Gasteiger partial charge in [-0.25, -0.2) is 0 Å². The molecule has 0 unspecified atom stereocenters. The summed E-state index contributed by atoms with van der Waals surface area (Å²) >= 11 is 0. The topological polar surface area (TPSA) is 135 Å². The van der Waals surface area contributed by atoms with Gasteiger partial charge in [-0.2, -0.15) is 10.2 Å². The third-order valence-corrected chi connectivity index (χ3v) is 19.0. The van der Waals surface area contributed by atoms with Crippen molar-refractivity contribution in [2.45, 2.75) is 138 Å². The number of phenolic OH excluding ortho intramolecular Hbond substituents is 2. The highest BCUT2D eigenvalue weighted by molar-refractivity contribution is 5.76. The van der Waals surface area contributed by atoms with E-state index >= 15 is 0 Å². The molecule has 12 heteroatoms. The highest BCUT2D eigenvalue weighted by Crippen LogP contribution is 2.66. The summed E-state index contributed by atoms with van der Waals surface area (Å²) in [5.41, 5.74) is 11.5. The third-order valence-electron chi connectivity index (χ3n) is 19.0. The summed E-state index contributed by atoms with van der Waals surface area (Å²) in [7, 11) is 4.15. The monoisotopic (exact) mass is 927 g/mol. The number of benzene rings is 2. The fraction of sp³-hybridized carbons (Fsp3) is 0.643. The molecule has 2 saturated carbocycles. The zero-order valence-electron chi connectivity index (χ0n) is 41.0. The molecule has 4 heterocycles. The highest BCUT2D eigenvalue weighted by atomic mass is 16.5. The van der Waals surface area contributed by atoms with Crippen LogP contribution in [-0.4, -0.2) is 104 Å². The Labute approximate surface area is 402 Å². The predicted molar refractivity (Wildman–Crippen MR) is 260 cm³/mol. The van der Waals surface area contributed by atoms with E-state index in [0.29, 0.717) is 98.1 Å². The molecule has 2 saturated heterocycles. The molecule has 8 aliphatic rings. The number of carbonyl (C=O) groups is 2. The van der Waals surface area contributed by atoms with E-state index in [4.69, 9.17) is 19.7 Å². The molecule has 2 N–H and O–H groups in total. The van der Waals surface area contributed by atoms with E-state index in [1.165, 1.54) is 76.9 Å². The number of rotatable bonds is 8. The van der Waals surface area contributed by atoms with Crippen molar-refractivity contribution < 1.29 is 29.3 Å². The van der Waals surface area contributed by atoms with E-state index in [-0.39, 0.29) is 22.6 Å². The minimum Gasteiger partial charge on any atom is -0.508 e. The zero-order valence-corrected chi connectivity index (χ0v) is 41.0. The lowest BCUT2D eigenvalue weighted by molar-refractivity contribution is -0.136. The molecule has 2 aliphatic heterocycles. The maximum atomic E-state index is 12.8. The minimum absolute atomic E-state index is 0.116. The number of phenols is 2. The van der Waals surface area contributed by atoms with Crippen LogP contribution in [0.5, 0.6) is 11.5 Å². The van der Waals surface area contributed by atoms with Gasteiger partial charge in [-0.15, -0.1) is 0 Å². The summed E-state index contributed by atoms with van der Waals surface area (Å²) in [5, 5.41) is 29.7. The van der Waals surface area contributed by atoms with Crippen LogP contribution >= 0.6 is 0 Å². The molecule has 364 valence electrons. The summed E-state index contributed by atoms with van der Waals surface area (Å²) in [5.74, 6) is 5.86. The zero-order chi connectivity index (χ0) is 46.9. The van der Waals surface area contributed by atoms with E-state index in [2.05, 4.69) is 50.1 Å². The van der Waals surface area contributed by atoms with Gasteiger partial charge in [-0.05, 0) is 182 Å². The number of ether oxygens (including phenoxy) is 2. The molecular weight excluding hydrogens is 853 g/mol. The first-order valence-electron chi connectivity index (χ1n) is 26.3. The Morgan fingerprint density at radius 1 is 0.676 bits per heavy atom. The number of fused-ring (bicyclic) bond motifs is 14. The van der Waals surface area contributed by atoms with Crippen molar-refractivity contribution in [1.29, 1.82) is 0 Å². The highest BCUT2D eigenvalue weighted by Gasteiger charge is 2.60. The summed E-state index contributed by atoms with van der Waals surface area (Å²) in [6.07, 6.45) is 18.8. The summed E-state index contributed by atoms with van der Waals surface area (Å²) in [4.78, 5) is 29.5. The average molecular weight is 927 g/mol. The number of carbonyl (C=O) groups excluding carboxylic acids is 2. The van der Waals surface area contributed by atoms with Crippen molar-refractivity contribution in [3.63, 3.8) is 0 Å². The van der Waals surface area contributed by atoms with Gasteiger partial charge in [0.1, 0.15) is 11.5 Å². The largest absolute Gasteiger partial charge is 0.508 e. The number of morpholine rings is 2. The van der Waals surface area contributed by atoms with Gasteiger partial charge in [0.2, 0.25) is 11.8 Å². The van der Waals surface area contributed by atoms with Crippen LogP contribution in [-0.2, 0) is 56.8 Å². The Morgan fingerprint density at radius 2 is 1.18 bits per heavy atom. The van der Waals surface area contributed by atoms with Crippen LogP contribution in [0.15, 0.2) is 48.8 Å². The van der Waals surface area contributed by atoms with Crippen LogP contribution < -0.4 is 0 Å². The Balaban J connectivity index is 0.000000149. The molecule has 12 nitrogen and oxygen atoms in total. The van der Waals surface area contributed by atoms with Gasteiger partial charge in [0.05, 0.1) is 38.3 Å². The van der Waals surface area contributed by atoms with Crippen molar-refractivity contribution in [2.75, 3.05) is 52.6 Å².